The molecular formula is C16H22N2O3S2. The molecule has 0 bridgehead atoms. The van der Waals surface area contributed by atoms with Crippen molar-refractivity contribution >= 4 is 20.6 Å². The predicted octanol–water partition coefficient (Wildman–Crippen LogP) is 2.54. The minimum atomic E-state index is -3.16. The van der Waals surface area contributed by atoms with Crippen LogP contribution in [0.15, 0.2) is 34.6 Å². The molecule has 0 aliphatic heterocycles. The summed E-state index contributed by atoms with van der Waals surface area (Å²) in [5.74, 6) is 0. The van der Waals surface area contributed by atoms with Crippen molar-refractivity contribution in [2.75, 3.05) is 12.5 Å². The molecular weight excluding hydrogens is 332 g/mol. The number of rotatable bonds is 2. The molecule has 0 aromatic carbocycles. The van der Waals surface area contributed by atoms with Gasteiger partial charge < -0.3 is 0 Å². The van der Waals surface area contributed by atoms with Crippen LogP contribution in [0.25, 0.3) is 0 Å². The Bertz CT molecular complexity index is 831. The maximum atomic E-state index is 11.1. The minimum Gasteiger partial charge on any atom is -0.253 e. The van der Waals surface area contributed by atoms with Crippen LogP contribution in [0.5, 0.6) is 0 Å². The summed E-state index contributed by atoms with van der Waals surface area (Å²) >= 11 is 0. The van der Waals surface area contributed by atoms with Gasteiger partial charge >= 0.3 is 0 Å². The lowest BCUT2D eigenvalue weighted by Gasteiger charge is -2.01. The van der Waals surface area contributed by atoms with E-state index in [9.17, 15) is 12.6 Å². The number of hydrogen-bond acceptors (Lipinski definition) is 5. The molecule has 2 heterocycles. The van der Waals surface area contributed by atoms with Crippen LogP contribution in [0.2, 0.25) is 0 Å². The van der Waals surface area contributed by atoms with E-state index in [4.69, 9.17) is 0 Å². The summed E-state index contributed by atoms with van der Waals surface area (Å²) in [6.45, 7) is 7.53. The molecule has 0 radical (unpaired) electrons. The Kier molecular flexibility index (Phi) is 6.58. The Hall–Kier alpha value is -1.60. The lowest BCUT2D eigenvalue weighted by molar-refractivity contribution is 0.597. The van der Waals surface area contributed by atoms with E-state index in [0.717, 1.165) is 22.9 Å². The average molecular weight is 354 g/mol. The van der Waals surface area contributed by atoms with Crippen molar-refractivity contribution in [2.24, 2.45) is 0 Å². The first-order valence-electron chi connectivity index (χ1n) is 6.92. The van der Waals surface area contributed by atoms with Gasteiger partial charge in [-0.25, -0.2) is 18.4 Å². The highest BCUT2D eigenvalue weighted by molar-refractivity contribution is 7.90. The van der Waals surface area contributed by atoms with Crippen molar-refractivity contribution in [3.05, 3.63) is 46.8 Å². The molecule has 23 heavy (non-hydrogen) atoms. The first-order chi connectivity index (χ1) is 10.5. The van der Waals surface area contributed by atoms with Gasteiger partial charge in [0.15, 0.2) is 14.9 Å². The van der Waals surface area contributed by atoms with Gasteiger partial charge in [-0.3, -0.25) is 4.21 Å². The maximum absolute atomic E-state index is 11.1. The number of aryl methyl sites for hydroxylation is 4. The van der Waals surface area contributed by atoms with Crippen LogP contribution >= 0.6 is 0 Å². The Morgan fingerprint density at radius 3 is 1.78 bits per heavy atom. The molecule has 2 rings (SSSR count). The van der Waals surface area contributed by atoms with Gasteiger partial charge in [-0.2, -0.15) is 0 Å². The second-order valence-electron chi connectivity index (χ2n) is 5.50. The first kappa shape index (κ1) is 19.4. The quantitative estimate of drug-likeness (QED) is 0.828. The molecule has 0 N–H and O–H groups in total. The van der Waals surface area contributed by atoms with Gasteiger partial charge in [-0.15, -0.1) is 0 Å². The van der Waals surface area contributed by atoms with E-state index in [0.29, 0.717) is 10.6 Å². The van der Waals surface area contributed by atoms with E-state index < -0.39 is 20.6 Å². The van der Waals surface area contributed by atoms with Gasteiger partial charge in [0.05, 0.1) is 10.8 Å². The molecule has 0 spiro atoms. The first-order valence-corrected chi connectivity index (χ1v) is 10.4. The van der Waals surface area contributed by atoms with Crippen molar-refractivity contribution in [3.63, 3.8) is 0 Å². The molecule has 0 fully saturated rings. The lowest BCUT2D eigenvalue weighted by atomic mass is 10.2. The highest BCUT2D eigenvalue weighted by Gasteiger charge is 2.11. The summed E-state index contributed by atoms with van der Waals surface area (Å²) in [6.07, 6.45) is 6.11. The van der Waals surface area contributed by atoms with Gasteiger partial charge in [0, 0.05) is 24.9 Å². The fourth-order valence-electron chi connectivity index (χ4n) is 2.09. The zero-order valence-corrected chi connectivity index (χ0v) is 15.9. The molecule has 1 atom stereocenters. The topological polar surface area (TPSA) is 77.0 Å². The largest absolute Gasteiger partial charge is 0.253 e. The second-order valence-corrected chi connectivity index (χ2v) is 8.72. The van der Waals surface area contributed by atoms with Gasteiger partial charge in [0.25, 0.3) is 0 Å². The van der Waals surface area contributed by atoms with Crippen molar-refractivity contribution in [1.29, 1.82) is 0 Å². The van der Waals surface area contributed by atoms with Gasteiger partial charge in [0.1, 0.15) is 5.03 Å². The van der Waals surface area contributed by atoms with E-state index in [-0.39, 0.29) is 5.03 Å². The highest BCUT2D eigenvalue weighted by Crippen LogP contribution is 2.12. The summed E-state index contributed by atoms with van der Waals surface area (Å²) in [7, 11) is -4.12. The van der Waals surface area contributed by atoms with Gasteiger partial charge in [0.2, 0.25) is 0 Å². The molecule has 126 valence electrons. The van der Waals surface area contributed by atoms with Crippen LogP contribution in [0.1, 0.15) is 22.3 Å². The third-order valence-corrected chi connectivity index (χ3v) is 5.06. The van der Waals surface area contributed by atoms with Crippen molar-refractivity contribution in [2.45, 2.75) is 37.7 Å². The van der Waals surface area contributed by atoms with E-state index in [1.165, 1.54) is 0 Å². The number of pyridine rings is 2. The number of aromatic nitrogens is 2. The molecule has 0 saturated heterocycles. The van der Waals surface area contributed by atoms with Crippen LogP contribution in [-0.2, 0) is 20.6 Å². The Balaban J connectivity index is 0.000000231. The molecule has 0 saturated carbocycles. The van der Waals surface area contributed by atoms with Gasteiger partial charge in [-0.05, 0) is 49.9 Å². The fraction of sp³-hybridized carbons (Fsp3) is 0.375. The fourth-order valence-corrected chi connectivity index (χ4v) is 3.70. The van der Waals surface area contributed by atoms with E-state index in [1.807, 2.05) is 32.9 Å². The Morgan fingerprint density at radius 1 is 0.913 bits per heavy atom. The second kappa shape index (κ2) is 7.79. The van der Waals surface area contributed by atoms with Crippen LogP contribution in [-0.4, -0.2) is 35.1 Å². The van der Waals surface area contributed by atoms with Crippen LogP contribution in [0.3, 0.4) is 0 Å². The van der Waals surface area contributed by atoms with Crippen molar-refractivity contribution in [3.8, 4) is 0 Å². The van der Waals surface area contributed by atoms with Crippen LogP contribution < -0.4 is 0 Å². The average Bonchev–Trinajstić information content (AvgIpc) is 2.36. The van der Waals surface area contributed by atoms with Gasteiger partial charge in [-0.1, -0.05) is 12.1 Å². The molecule has 0 amide bonds. The zero-order chi connectivity index (χ0) is 17.8. The smallest absolute Gasteiger partial charge is 0.193 e. The minimum absolute atomic E-state index is 0.174. The number of nitrogens with zero attached hydrogens (tertiary/aromatic N) is 2. The van der Waals surface area contributed by atoms with Crippen LogP contribution in [0, 0.1) is 27.7 Å². The normalized spacial score (nSPS) is 12.3. The van der Waals surface area contributed by atoms with Crippen molar-refractivity contribution < 1.29 is 12.6 Å². The summed E-state index contributed by atoms with van der Waals surface area (Å²) in [6, 6.07) is 3.80. The van der Waals surface area contributed by atoms with E-state index in [2.05, 4.69) is 9.97 Å². The molecule has 0 aliphatic carbocycles. The summed E-state index contributed by atoms with van der Waals surface area (Å²) in [5, 5.41) is 0.865. The zero-order valence-electron chi connectivity index (χ0n) is 14.2. The summed E-state index contributed by atoms with van der Waals surface area (Å²) in [4.78, 5) is 7.94. The van der Waals surface area contributed by atoms with E-state index in [1.54, 1.807) is 25.6 Å². The molecule has 2 aromatic rings. The number of sulfone groups is 1. The SMILES string of the molecule is Cc1cnc(S(C)(=O)=O)c(C)c1.Cc1cnc(S(C)=O)c(C)c1. The molecule has 5 nitrogen and oxygen atoms in total. The third-order valence-electron chi connectivity index (χ3n) is 2.96. The summed E-state index contributed by atoms with van der Waals surface area (Å²) < 4.78 is 33.2. The molecule has 7 heteroatoms. The molecule has 1 unspecified atom stereocenters. The predicted molar refractivity (Wildman–Crippen MR) is 92.9 cm³/mol. The maximum Gasteiger partial charge on any atom is 0.193 e. The van der Waals surface area contributed by atoms with E-state index >= 15 is 0 Å². The standard InChI is InChI=1S/C8H11NO2S.C8H11NOS/c1-6-4-7(2)8(9-5-6)12(3,10)11;1-6-4-7(2)8(9-5-6)11(3)10/h4-5H,1-3H3;4-5H,1-3H3. The third kappa shape index (κ3) is 5.84. The van der Waals surface area contributed by atoms with Crippen LogP contribution in [0.4, 0.5) is 0 Å². The summed E-state index contributed by atoms with van der Waals surface area (Å²) in [5.41, 5.74) is 3.79. The Morgan fingerprint density at radius 2 is 1.39 bits per heavy atom. The number of hydrogen-bond donors (Lipinski definition) is 0. The molecule has 2 aromatic heterocycles. The highest BCUT2D eigenvalue weighted by atomic mass is 32.2. The molecule has 0 aliphatic rings. The monoisotopic (exact) mass is 354 g/mol. The van der Waals surface area contributed by atoms with Crippen molar-refractivity contribution in [1.82, 2.24) is 9.97 Å². The Labute approximate surface area is 140 Å². The lowest BCUT2D eigenvalue weighted by Crippen LogP contribution is -2.03.